The smallest absolute Gasteiger partial charge is 0.302 e. The molecule has 0 aromatic carbocycles. The minimum absolute atomic E-state index is 0.0418. The summed E-state index contributed by atoms with van der Waals surface area (Å²) in [4.78, 5) is 12.9. The Morgan fingerprint density at radius 1 is 0.857 bits per heavy atom. The van der Waals surface area contributed by atoms with Gasteiger partial charge in [0.15, 0.2) is 12.6 Å². The maximum absolute atomic E-state index is 12.9. The highest BCUT2D eigenvalue weighted by molar-refractivity contribution is 5.66. The fraction of sp³-hybridized carbons (Fsp3) is 0.974. The third-order valence-electron chi connectivity index (χ3n) is 16.9. The summed E-state index contributed by atoms with van der Waals surface area (Å²) in [5.74, 6) is 0.308. The Hall–Kier alpha value is -0.890. The van der Waals surface area contributed by atoms with Crippen LogP contribution in [0.1, 0.15) is 99.8 Å². The van der Waals surface area contributed by atoms with Gasteiger partial charge in [-0.3, -0.25) is 4.79 Å². The van der Waals surface area contributed by atoms with Crippen LogP contribution in [0, 0.1) is 50.7 Å². The van der Waals surface area contributed by atoms with E-state index in [1.54, 1.807) is 14.0 Å². The number of rotatable bonds is 4. The summed E-state index contributed by atoms with van der Waals surface area (Å²) in [5.41, 5.74) is -0.894. The van der Waals surface area contributed by atoms with Crippen LogP contribution in [0.3, 0.4) is 0 Å². The Balaban J connectivity index is 1.03. The molecule has 0 bridgehead atoms. The first kappa shape index (κ1) is 33.9. The fourth-order valence-corrected chi connectivity index (χ4v) is 14.9. The van der Waals surface area contributed by atoms with E-state index in [-0.39, 0.29) is 75.9 Å². The number of fused-ring (bicyclic) bond motifs is 6. The summed E-state index contributed by atoms with van der Waals surface area (Å²) in [5, 5.41) is 31.0. The molecule has 276 valence electrons. The number of methoxy groups -OCH3 is 1. The molecule has 4 heterocycles. The van der Waals surface area contributed by atoms with Crippen LogP contribution in [0.25, 0.3) is 0 Å². The highest BCUT2D eigenvalue weighted by Gasteiger charge is 2.87. The van der Waals surface area contributed by atoms with Gasteiger partial charge in [0.05, 0.1) is 18.8 Å². The lowest BCUT2D eigenvalue weighted by atomic mass is 9.41. The molecule has 11 heteroatoms. The average Bonchev–Trinajstić information content (AvgIpc) is 3.86. The SMILES string of the molecule is CO[C@@H]1O[C@]2(C[C@@H](C)[C@H]3[C@H](C[C@@]4(C)C5CCC6C(C)(C)[C@@H](O[C@@H]7OC[C@@H](O)[C@H](O)[C@H]7O)CC[C@@]67C[C@@]57C[C@@H](OC(C)=O)[C@]34C)O2)[C@@H]2O[C@]12C. The zero-order valence-electron chi connectivity index (χ0n) is 30.5. The topological polar surface area (TPSA) is 146 Å². The molecule has 9 aliphatic rings. The lowest BCUT2D eigenvalue weighted by Crippen LogP contribution is -2.64. The molecular weight excluding hydrogens is 632 g/mol. The summed E-state index contributed by atoms with van der Waals surface area (Å²) in [6, 6.07) is 0. The van der Waals surface area contributed by atoms with Gasteiger partial charge in [-0.15, -0.1) is 0 Å². The molecule has 4 saturated heterocycles. The zero-order valence-corrected chi connectivity index (χ0v) is 30.5. The van der Waals surface area contributed by atoms with E-state index in [2.05, 4.69) is 41.5 Å². The van der Waals surface area contributed by atoms with Crippen LogP contribution in [0.2, 0.25) is 0 Å². The standard InChI is InChI=1S/C38H58O11/c1-18-13-38(30-35(7,48-30)31(43-8)49-38)47-21-14-33(5)23-10-9-22-32(3,4)24(46-29-28(42)27(41)20(40)16-44-29)11-12-36(22)17-37(23,36)15-25(45-19(2)39)34(33,6)26(18)21/h18,20-31,40-42H,9-17H2,1-8H3/t18-,20-,21+,22?,23?,24+,25-,26+,27+,28-,29+,30-,31-,33+,34-,35+,36-,37+,38-/m1/s1. The van der Waals surface area contributed by atoms with Crippen LogP contribution in [0.15, 0.2) is 0 Å². The summed E-state index contributed by atoms with van der Waals surface area (Å²) in [6.45, 7) is 15.4. The number of carbonyl (C=O) groups excluding carboxylic acids is 1. The van der Waals surface area contributed by atoms with Crippen molar-refractivity contribution in [1.82, 2.24) is 0 Å². The van der Waals surface area contributed by atoms with Gasteiger partial charge in [-0.2, -0.15) is 0 Å². The van der Waals surface area contributed by atoms with E-state index < -0.39 is 42.3 Å². The second kappa shape index (κ2) is 10.2. The van der Waals surface area contributed by atoms with Crippen LogP contribution < -0.4 is 0 Å². The van der Waals surface area contributed by atoms with Crippen molar-refractivity contribution < 1.29 is 53.3 Å². The normalized spacial score (nSPS) is 62.2. The number of aliphatic hydroxyl groups is 3. The quantitative estimate of drug-likeness (QED) is 0.226. The Bertz CT molecular complexity index is 1410. The number of hydrogen-bond donors (Lipinski definition) is 3. The highest BCUT2D eigenvalue weighted by Crippen LogP contribution is 2.89. The first-order valence-corrected chi connectivity index (χ1v) is 19.0. The molecule has 4 aliphatic heterocycles. The number of hydrogen-bond acceptors (Lipinski definition) is 11. The summed E-state index contributed by atoms with van der Waals surface area (Å²) < 4.78 is 44.4. The summed E-state index contributed by atoms with van der Waals surface area (Å²) in [7, 11) is 1.67. The molecular formula is C38H58O11. The third kappa shape index (κ3) is 3.98. The predicted molar refractivity (Wildman–Crippen MR) is 172 cm³/mol. The van der Waals surface area contributed by atoms with Gasteiger partial charge in [0.25, 0.3) is 0 Å². The van der Waals surface area contributed by atoms with Crippen molar-refractivity contribution in [2.75, 3.05) is 13.7 Å². The number of esters is 1. The minimum atomic E-state index is -1.30. The van der Waals surface area contributed by atoms with E-state index in [1.165, 1.54) is 0 Å². The van der Waals surface area contributed by atoms with Crippen molar-refractivity contribution in [1.29, 1.82) is 0 Å². The van der Waals surface area contributed by atoms with E-state index >= 15 is 0 Å². The minimum Gasteiger partial charge on any atom is -0.462 e. The Kier molecular flexibility index (Phi) is 7.06. The zero-order chi connectivity index (χ0) is 34.9. The van der Waals surface area contributed by atoms with Crippen molar-refractivity contribution in [2.24, 2.45) is 50.7 Å². The second-order valence-electron chi connectivity index (χ2n) is 19.2. The number of epoxide rings is 1. The molecule has 11 nitrogen and oxygen atoms in total. The molecule has 5 aliphatic carbocycles. The highest BCUT2D eigenvalue weighted by atomic mass is 16.8. The number of aliphatic hydroxyl groups excluding tert-OH is 3. The first-order valence-electron chi connectivity index (χ1n) is 19.0. The van der Waals surface area contributed by atoms with Gasteiger partial charge < -0.3 is 48.5 Å². The van der Waals surface area contributed by atoms with E-state index in [4.69, 9.17) is 33.2 Å². The lowest BCUT2D eigenvalue weighted by molar-refractivity contribution is -0.349. The summed E-state index contributed by atoms with van der Waals surface area (Å²) >= 11 is 0. The molecule has 49 heavy (non-hydrogen) atoms. The van der Waals surface area contributed by atoms with Gasteiger partial charge in [-0.05, 0) is 97.2 Å². The van der Waals surface area contributed by atoms with Crippen molar-refractivity contribution in [3.8, 4) is 0 Å². The van der Waals surface area contributed by atoms with E-state index in [1.807, 2.05) is 0 Å². The molecule has 9 fully saturated rings. The molecule has 0 aromatic heterocycles. The van der Waals surface area contributed by atoms with Gasteiger partial charge in [-0.25, -0.2) is 0 Å². The van der Waals surface area contributed by atoms with Crippen molar-refractivity contribution in [2.45, 2.75) is 167 Å². The van der Waals surface area contributed by atoms with E-state index in [0.29, 0.717) is 11.8 Å². The average molecular weight is 691 g/mol. The van der Waals surface area contributed by atoms with Crippen LogP contribution in [-0.4, -0.2) is 102 Å². The Morgan fingerprint density at radius 3 is 2.29 bits per heavy atom. The maximum atomic E-state index is 12.9. The van der Waals surface area contributed by atoms with Crippen LogP contribution >= 0.6 is 0 Å². The number of ether oxygens (including phenoxy) is 7. The first-order chi connectivity index (χ1) is 22.9. The molecule has 5 saturated carbocycles. The molecule has 19 atom stereocenters. The fourth-order valence-electron chi connectivity index (χ4n) is 14.9. The molecule has 2 unspecified atom stereocenters. The summed E-state index contributed by atoms with van der Waals surface area (Å²) in [6.07, 6.45) is 1.91. The maximum Gasteiger partial charge on any atom is 0.302 e. The van der Waals surface area contributed by atoms with Gasteiger partial charge in [0.1, 0.15) is 36.1 Å². The molecule has 0 amide bonds. The lowest BCUT2D eigenvalue weighted by Gasteiger charge is -2.65. The van der Waals surface area contributed by atoms with Gasteiger partial charge in [-0.1, -0.05) is 34.6 Å². The Morgan fingerprint density at radius 2 is 1.59 bits per heavy atom. The van der Waals surface area contributed by atoms with Gasteiger partial charge in [0, 0.05) is 25.9 Å². The molecule has 3 N–H and O–H groups in total. The monoisotopic (exact) mass is 690 g/mol. The molecule has 9 rings (SSSR count). The Labute approximate surface area is 290 Å². The van der Waals surface area contributed by atoms with Crippen molar-refractivity contribution in [3.63, 3.8) is 0 Å². The largest absolute Gasteiger partial charge is 0.462 e. The van der Waals surface area contributed by atoms with Crippen LogP contribution in [0.4, 0.5) is 0 Å². The number of carbonyl (C=O) groups is 1. The molecule has 0 aromatic rings. The second-order valence-corrected chi connectivity index (χ2v) is 19.2. The van der Waals surface area contributed by atoms with Crippen LogP contribution in [-0.2, 0) is 38.0 Å². The van der Waals surface area contributed by atoms with Crippen molar-refractivity contribution >= 4 is 5.97 Å². The van der Waals surface area contributed by atoms with E-state index in [0.717, 1.165) is 51.4 Å². The van der Waals surface area contributed by atoms with Crippen LogP contribution in [0.5, 0.6) is 0 Å². The van der Waals surface area contributed by atoms with E-state index in [9.17, 15) is 20.1 Å². The van der Waals surface area contributed by atoms with Gasteiger partial charge in [0.2, 0.25) is 5.79 Å². The third-order valence-corrected chi connectivity index (χ3v) is 16.9. The predicted octanol–water partition coefficient (Wildman–Crippen LogP) is 3.68. The van der Waals surface area contributed by atoms with Crippen molar-refractivity contribution in [3.05, 3.63) is 0 Å². The van der Waals surface area contributed by atoms with Gasteiger partial charge >= 0.3 is 5.97 Å². The molecule has 3 spiro atoms. The molecule has 0 radical (unpaired) electrons.